The predicted octanol–water partition coefficient (Wildman–Crippen LogP) is 6.33. The molecule has 1 spiro atoms. The number of thiophene rings is 1. The number of aryl methyl sites for hydroxylation is 2. The zero-order valence-corrected chi connectivity index (χ0v) is 18.9. The van der Waals surface area contributed by atoms with Gasteiger partial charge in [0.2, 0.25) is 0 Å². The first-order valence-corrected chi connectivity index (χ1v) is 11.9. The van der Waals surface area contributed by atoms with Crippen LogP contribution >= 0.6 is 11.3 Å². The number of amides is 1. The minimum absolute atomic E-state index is 0.0734. The van der Waals surface area contributed by atoms with E-state index in [1.807, 2.05) is 56.3 Å². The smallest absolute Gasteiger partial charge is 0.253 e. The fourth-order valence-corrected chi connectivity index (χ4v) is 6.30. The van der Waals surface area contributed by atoms with Crippen molar-refractivity contribution < 1.29 is 9.59 Å². The second-order valence-corrected chi connectivity index (χ2v) is 10.6. The molecule has 3 aromatic rings. The second kappa shape index (κ2) is 7.76. The van der Waals surface area contributed by atoms with Crippen LogP contribution in [0.5, 0.6) is 0 Å². The van der Waals surface area contributed by atoms with Crippen LogP contribution in [0.15, 0.2) is 54.6 Å². The average molecular weight is 430 g/mol. The zero-order valence-electron chi connectivity index (χ0n) is 18.0. The van der Waals surface area contributed by atoms with Crippen molar-refractivity contribution in [3.8, 4) is 11.1 Å². The molecule has 4 heteroatoms. The van der Waals surface area contributed by atoms with Crippen LogP contribution in [0.4, 0.5) is 0 Å². The molecular weight excluding hydrogens is 402 g/mol. The molecule has 0 saturated heterocycles. The summed E-state index contributed by atoms with van der Waals surface area (Å²) >= 11 is 1.53. The molecule has 1 amide bonds. The zero-order chi connectivity index (χ0) is 21.6. The Morgan fingerprint density at radius 2 is 1.48 bits per heavy atom. The van der Waals surface area contributed by atoms with Crippen molar-refractivity contribution in [1.29, 1.82) is 0 Å². The van der Waals surface area contributed by atoms with Gasteiger partial charge in [-0.3, -0.25) is 9.59 Å². The molecule has 2 aliphatic rings. The van der Waals surface area contributed by atoms with E-state index in [0.29, 0.717) is 22.1 Å². The molecule has 1 heterocycles. The van der Waals surface area contributed by atoms with Crippen molar-refractivity contribution in [2.24, 2.45) is 5.41 Å². The summed E-state index contributed by atoms with van der Waals surface area (Å²) in [6.45, 7) is 3.88. The van der Waals surface area contributed by atoms with E-state index in [4.69, 9.17) is 0 Å². The quantitative estimate of drug-likeness (QED) is 0.482. The average Bonchev–Trinajstić information content (AvgIpc) is 3.03. The lowest BCUT2D eigenvalue weighted by atomic mass is 9.54. The Labute approximate surface area is 187 Å². The topological polar surface area (TPSA) is 46.2 Å². The molecule has 1 N–H and O–H groups in total. The van der Waals surface area contributed by atoms with E-state index in [1.54, 1.807) is 0 Å². The van der Waals surface area contributed by atoms with Crippen molar-refractivity contribution in [2.75, 3.05) is 0 Å². The summed E-state index contributed by atoms with van der Waals surface area (Å²) in [6.07, 6.45) is 6.11. The van der Waals surface area contributed by atoms with Crippen LogP contribution in [0.3, 0.4) is 0 Å². The summed E-state index contributed by atoms with van der Waals surface area (Å²) in [5, 5.41) is 3.20. The van der Waals surface area contributed by atoms with Gasteiger partial charge in [-0.05, 0) is 56.1 Å². The summed E-state index contributed by atoms with van der Waals surface area (Å²) in [5.74, 6) is -0.166. The van der Waals surface area contributed by atoms with Gasteiger partial charge in [0.25, 0.3) is 5.91 Å². The lowest BCUT2D eigenvalue weighted by Gasteiger charge is -2.54. The van der Waals surface area contributed by atoms with E-state index < -0.39 is 0 Å². The summed E-state index contributed by atoms with van der Waals surface area (Å²) in [4.78, 5) is 28.4. The van der Waals surface area contributed by atoms with E-state index in [-0.39, 0.29) is 17.7 Å². The largest absolute Gasteiger partial charge is 0.349 e. The first-order chi connectivity index (χ1) is 15.0. The number of hydrogen-bond acceptors (Lipinski definition) is 3. The maximum absolute atomic E-state index is 13.4. The van der Waals surface area contributed by atoms with Gasteiger partial charge in [0.1, 0.15) is 0 Å². The second-order valence-electron chi connectivity index (χ2n) is 9.17. The van der Waals surface area contributed by atoms with Gasteiger partial charge in [-0.15, -0.1) is 11.3 Å². The molecule has 2 saturated carbocycles. The molecule has 2 aliphatic carbocycles. The predicted molar refractivity (Wildman–Crippen MR) is 126 cm³/mol. The highest BCUT2D eigenvalue weighted by atomic mass is 32.1. The number of carbonyl (C=O) groups excluding carboxylic acids is 2. The van der Waals surface area contributed by atoms with Crippen molar-refractivity contribution >= 4 is 23.0 Å². The molecule has 0 atom stereocenters. The van der Waals surface area contributed by atoms with Crippen LogP contribution in [-0.2, 0) is 0 Å². The Morgan fingerprint density at radius 1 is 0.871 bits per heavy atom. The fraction of sp³-hybridized carbons (Fsp3) is 0.333. The van der Waals surface area contributed by atoms with Crippen molar-refractivity contribution in [2.45, 2.75) is 52.0 Å². The summed E-state index contributed by atoms with van der Waals surface area (Å²) in [5.41, 5.74) is 4.44. The number of rotatable bonds is 5. The Kier molecular flexibility index (Phi) is 5.05. The first-order valence-electron chi connectivity index (χ1n) is 11.1. The molecule has 5 rings (SSSR count). The van der Waals surface area contributed by atoms with Crippen molar-refractivity contribution in [3.63, 3.8) is 0 Å². The van der Waals surface area contributed by atoms with Crippen LogP contribution in [0.1, 0.15) is 68.1 Å². The highest BCUT2D eigenvalue weighted by Gasteiger charge is 2.48. The van der Waals surface area contributed by atoms with Gasteiger partial charge < -0.3 is 5.32 Å². The van der Waals surface area contributed by atoms with E-state index in [1.165, 1.54) is 30.6 Å². The third-order valence-electron chi connectivity index (χ3n) is 7.08. The molecule has 0 unspecified atom stereocenters. The maximum atomic E-state index is 13.4. The molecule has 2 aromatic carbocycles. The molecule has 1 aromatic heterocycles. The van der Waals surface area contributed by atoms with Gasteiger partial charge >= 0.3 is 0 Å². The molecule has 0 radical (unpaired) electrons. The number of nitrogens with one attached hydrogen (secondary N) is 1. The summed E-state index contributed by atoms with van der Waals surface area (Å²) in [6, 6.07) is 18.0. The minimum atomic E-state index is -0.0923. The monoisotopic (exact) mass is 429 g/mol. The van der Waals surface area contributed by atoms with Gasteiger partial charge in [-0.25, -0.2) is 0 Å². The molecule has 0 aliphatic heterocycles. The third-order valence-corrected chi connectivity index (χ3v) is 8.10. The number of hydrogen-bond donors (Lipinski definition) is 1. The molecule has 31 heavy (non-hydrogen) atoms. The maximum Gasteiger partial charge on any atom is 0.253 e. The van der Waals surface area contributed by atoms with E-state index in [0.717, 1.165) is 33.7 Å². The highest BCUT2D eigenvalue weighted by Crippen LogP contribution is 2.55. The fourth-order valence-electron chi connectivity index (χ4n) is 5.25. The van der Waals surface area contributed by atoms with Gasteiger partial charge in [-0.1, -0.05) is 61.0 Å². The Morgan fingerprint density at radius 3 is 2.10 bits per heavy atom. The van der Waals surface area contributed by atoms with Gasteiger partial charge in [0.05, 0.1) is 5.56 Å². The molecular formula is C27H27NO2S. The van der Waals surface area contributed by atoms with Crippen molar-refractivity contribution in [3.05, 3.63) is 81.0 Å². The van der Waals surface area contributed by atoms with Gasteiger partial charge in [0, 0.05) is 26.9 Å². The number of benzene rings is 2. The Balaban J connectivity index is 1.37. The van der Waals surface area contributed by atoms with Crippen molar-refractivity contribution in [1.82, 2.24) is 5.32 Å². The van der Waals surface area contributed by atoms with E-state index in [9.17, 15) is 9.59 Å². The SMILES string of the molecule is Cc1sc(C)c(C(=O)c2ccc(-c3ccccc3)cc2)c1C(=O)NC1CC2(CCC2)C1. The third kappa shape index (κ3) is 3.63. The Hall–Kier alpha value is -2.72. The van der Waals surface area contributed by atoms with Crippen LogP contribution < -0.4 is 5.32 Å². The highest BCUT2D eigenvalue weighted by molar-refractivity contribution is 7.12. The number of carbonyl (C=O) groups is 2. The summed E-state index contributed by atoms with van der Waals surface area (Å²) in [7, 11) is 0. The van der Waals surface area contributed by atoms with Crippen LogP contribution in [0, 0.1) is 19.3 Å². The lowest BCUT2D eigenvalue weighted by Crippen LogP contribution is -2.53. The van der Waals surface area contributed by atoms with Crippen LogP contribution in [-0.4, -0.2) is 17.7 Å². The molecule has 0 bridgehead atoms. The lowest BCUT2D eigenvalue weighted by molar-refractivity contribution is -0.000645. The minimum Gasteiger partial charge on any atom is -0.349 e. The molecule has 158 valence electrons. The molecule has 2 fully saturated rings. The molecule has 3 nitrogen and oxygen atoms in total. The van der Waals surface area contributed by atoms with E-state index >= 15 is 0 Å². The summed E-state index contributed by atoms with van der Waals surface area (Å²) < 4.78 is 0. The normalized spacial score (nSPS) is 17.1. The number of ketones is 1. The van der Waals surface area contributed by atoms with Gasteiger partial charge in [-0.2, -0.15) is 0 Å². The van der Waals surface area contributed by atoms with Gasteiger partial charge in [0.15, 0.2) is 5.78 Å². The standard InChI is InChI=1S/C27H27NO2S/c1-17-23(25(29)21-11-9-20(10-12-21)19-7-4-3-5-8-19)24(18(2)31-17)26(30)28-22-15-27(16-22)13-6-14-27/h3-5,7-12,22H,6,13-16H2,1-2H3,(H,28,30). The van der Waals surface area contributed by atoms with Crippen LogP contribution in [0.2, 0.25) is 0 Å². The van der Waals surface area contributed by atoms with E-state index in [2.05, 4.69) is 17.4 Å². The van der Waals surface area contributed by atoms with Crippen LogP contribution in [0.25, 0.3) is 11.1 Å². The first kappa shape index (κ1) is 20.2. The Bertz CT molecular complexity index is 1130.